The molecule has 0 aromatic heterocycles. The van der Waals surface area contributed by atoms with Gasteiger partial charge >= 0.3 is 5.97 Å². The van der Waals surface area contributed by atoms with Crippen LogP contribution < -0.4 is 10.1 Å². The van der Waals surface area contributed by atoms with E-state index >= 15 is 0 Å². The van der Waals surface area contributed by atoms with E-state index in [0.29, 0.717) is 24.3 Å². The van der Waals surface area contributed by atoms with Crippen LogP contribution in [0.15, 0.2) is 60.7 Å². The van der Waals surface area contributed by atoms with Crippen molar-refractivity contribution in [1.82, 2.24) is 0 Å². The second-order valence-electron chi connectivity index (χ2n) is 6.43. The van der Waals surface area contributed by atoms with Crippen LogP contribution in [-0.2, 0) is 9.59 Å². The fourth-order valence-electron chi connectivity index (χ4n) is 3.03. The first-order chi connectivity index (χ1) is 12.5. The lowest BCUT2D eigenvalue weighted by Crippen LogP contribution is -2.34. The maximum absolute atomic E-state index is 12.5. The Morgan fingerprint density at radius 3 is 2.35 bits per heavy atom. The molecule has 1 amide bonds. The minimum atomic E-state index is -0.934. The highest BCUT2D eigenvalue weighted by Gasteiger charge is 2.33. The van der Waals surface area contributed by atoms with Gasteiger partial charge in [0.05, 0.1) is 11.8 Å². The van der Waals surface area contributed by atoms with E-state index in [4.69, 9.17) is 4.74 Å². The zero-order valence-electron chi connectivity index (χ0n) is 14.5. The van der Waals surface area contributed by atoms with Crippen molar-refractivity contribution in [3.8, 4) is 11.5 Å². The summed E-state index contributed by atoms with van der Waals surface area (Å²) in [6.45, 7) is 2.00. The third-order valence-electron chi connectivity index (χ3n) is 4.43. The summed E-state index contributed by atoms with van der Waals surface area (Å²) in [7, 11) is 0. The van der Waals surface area contributed by atoms with Crippen molar-refractivity contribution >= 4 is 17.6 Å². The van der Waals surface area contributed by atoms with Gasteiger partial charge in [-0.1, -0.05) is 24.3 Å². The number of carbonyl (C=O) groups is 2. The minimum Gasteiger partial charge on any atom is -0.481 e. The molecular formula is C21H21NO4. The largest absolute Gasteiger partial charge is 0.481 e. The van der Waals surface area contributed by atoms with Crippen LogP contribution in [0.5, 0.6) is 11.5 Å². The molecule has 0 aliphatic heterocycles. The quantitative estimate of drug-likeness (QED) is 0.783. The average Bonchev–Trinajstić information content (AvgIpc) is 2.63. The molecule has 2 aromatic carbocycles. The van der Waals surface area contributed by atoms with Crippen LogP contribution in [0.25, 0.3) is 0 Å². The number of anilines is 1. The number of ether oxygens (including phenoxy) is 1. The Balaban J connectivity index is 1.64. The van der Waals surface area contributed by atoms with Crippen molar-refractivity contribution in [2.75, 3.05) is 5.32 Å². The molecule has 1 aliphatic carbocycles. The van der Waals surface area contributed by atoms with Gasteiger partial charge in [-0.15, -0.1) is 0 Å². The second kappa shape index (κ2) is 7.87. The normalized spacial score (nSPS) is 19.0. The van der Waals surface area contributed by atoms with Crippen molar-refractivity contribution in [2.24, 2.45) is 11.8 Å². The predicted octanol–water partition coefficient (Wildman–Crippen LogP) is 4.39. The van der Waals surface area contributed by atoms with Crippen LogP contribution in [0, 0.1) is 18.8 Å². The molecule has 0 heterocycles. The Morgan fingerprint density at radius 1 is 1.00 bits per heavy atom. The number of hydrogen-bond acceptors (Lipinski definition) is 3. The Morgan fingerprint density at radius 2 is 1.69 bits per heavy atom. The molecule has 0 fully saturated rings. The molecule has 0 spiro atoms. The first-order valence-corrected chi connectivity index (χ1v) is 8.56. The van der Waals surface area contributed by atoms with E-state index in [2.05, 4.69) is 5.32 Å². The fraction of sp³-hybridized carbons (Fsp3) is 0.238. The van der Waals surface area contributed by atoms with E-state index in [1.807, 2.05) is 43.3 Å². The number of amides is 1. The van der Waals surface area contributed by atoms with Gasteiger partial charge < -0.3 is 15.2 Å². The zero-order chi connectivity index (χ0) is 18.5. The summed E-state index contributed by atoms with van der Waals surface area (Å²) < 4.78 is 5.78. The molecule has 3 rings (SSSR count). The molecule has 26 heavy (non-hydrogen) atoms. The van der Waals surface area contributed by atoms with Gasteiger partial charge in [-0.25, -0.2) is 0 Å². The third kappa shape index (κ3) is 4.30. The number of aryl methyl sites for hydroxylation is 1. The van der Waals surface area contributed by atoms with Gasteiger partial charge in [0, 0.05) is 5.69 Å². The lowest BCUT2D eigenvalue weighted by atomic mass is 9.82. The van der Waals surface area contributed by atoms with Gasteiger partial charge in [-0.05, 0) is 61.7 Å². The molecule has 2 atom stereocenters. The molecule has 0 bridgehead atoms. The molecule has 5 nitrogen and oxygen atoms in total. The Hall–Kier alpha value is -3.08. The zero-order valence-corrected chi connectivity index (χ0v) is 14.5. The van der Waals surface area contributed by atoms with Gasteiger partial charge in [-0.2, -0.15) is 0 Å². The molecule has 2 N–H and O–H groups in total. The standard InChI is InChI=1S/C21H21NO4/c1-14-5-4-6-17(13-14)26-16-11-9-15(10-12-16)22-20(23)18-7-2-3-8-19(18)21(24)25/h2-6,9-13,18-19H,7-8H2,1H3,(H,22,23)(H,24,25)/t18-,19+/m0/s1. The van der Waals surface area contributed by atoms with Crippen molar-refractivity contribution in [2.45, 2.75) is 19.8 Å². The van der Waals surface area contributed by atoms with Crippen LogP contribution in [0.4, 0.5) is 5.69 Å². The number of carboxylic acids is 1. The highest BCUT2D eigenvalue weighted by Crippen LogP contribution is 2.28. The number of rotatable bonds is 5. The van der Waals surface area contributed by atoms with E-state index in [0.717, 1.165) is 11.3 Å². The second-order valence-corrected chi connectivity index (χ2v) is 6.43. The molecule has 0 saturated carbocycles. The molecule has 0 radical (unpaired) electrons. The number of aliphatic carboxylic acids is 1. The van der Waals surface area contributed by atoms with Crippen LogP contribution in [0.1, 0.15) is 18.4 Å². The van der Waals surface area contributed by atoms with Crippen molar-refractivity contribution in [3.63, 3.8) is 0 Å². The summed E-state index contributed by atoms with van der Waals surface area (Å²) in [6.07, 6.45) is 4.51. The Kier molecular flexibility index (Phi) is 5.37. The molecule has 1 aliphatic rings. The molecule has 5 heteroatoms. The van der Waals surface area contributed by atoms with E-state index in [1.54, 1.807) is 24.3 Å². The number of carboxylic acid groups (broad SMARTS) is 1. The predicted molar refractivity (Wildman–Crippen MR) is 99.3 cm³/mol. The highest BCUT2D eigenvalue weighted by atomic mass is 16.5. The van der Waals surface area contributed by atoms with Crippen LogP contribution in [-0.4, -0.2) is 17.0 Å². The summed E-state index contributed by atoms with van der Waals surface area (Å²) in [5.74, 6) is -1.02. The topological polar surface area (TPSA) is 75.6 Å². The smallest absolute Gasteiger partial charge is 0.307 e. The lowest BCUT2D eigenvalue weighted by molar-refractivity contribution is -0.146. The van der Waals surface area contributed by atoms with Crippen molar-refractivity contribution in [1.29, 1.82) is 0 Å². The fourth-order valence-corrected chi connectivity index (χ4v) is 3.03. The maximum atomic E-state index is 12.5. The van der Waals surface area contributed by atoms with Gasteiger partial charge in [0.1, 0.15) is 11.5 Å². The first-order valence-electron chi connectivity index (χ1n) is 8.56. The van der Waals surface area contributed by atoms with Gasteiger partial charge in [0.25, 0.3) is 0 Å². The number of carbonyl (C=O) groups excluding carboxylic acids is 1. The Bertz CT molecular complexity index is 826. The lowest BCUT2D eigenvalue weighted by Gasteiger charge is -2.24. The van der Waals surface area contributed by atoms with Gasteiger partial charge in [0.2, 0.25) is 5.91 Å². The number of allylic oxidation sites excluding steroid dienone is 2. The van der Waals surface area contributed by atoms with E-state index in [9.17, 15) is 14.7 Å². The molecule has 0 saturated heterocycles. The maximum Gasteiger partial charge on any atom is 0.307 e. The first kappa shape index (κ1) is 17.7. The molecular weight excluding hydrogens is 330 g/mol. The third-order valence-corrected chi connectivity index (χ3v) is 4.43. The Labute approximate surface area is 152 Å². The summed E-state index contributed by atoms with van der Waals surface area (Å²) in [5, 5.41) is 12.1. The molecule has 2 aromatic rings. The SMILES string of the molecule is Cc1cccc(Oc2ccc(NC(=O)[C@H]3CC=CC[C@H]3C(=O)O)cc2)c1. The molecule has 0 unspecified atom stereocenters. The van der Waals surface area contributed by atoms with Gasteiger partial charge in [-0.3, -0.25) is 9.59 Å². The van der Waals surface area contributed by atoms with Crippen LogP contribution >= 0.6 is 0 Å². The number of hydrogen-bond donors (Lipinski definition) is 2. The summed E-state index contributed by atoms with van der Waals surface area (Å²) >= 11 is 0. The average molecular weight is 351 g/mol. The van der Waals surface area contributed by atoms with Crippen molar-refractivity contribution in [3.05, 3.63) is 66.2 Å². The van der Waals surface area contributed by atoms with E-state index in [-0.39, 0.29) is 5.91 Å². The van der Waals surface area contributed by atoms with E-state index in [1.165, 1.54) is 0 Å². The summed E-state index contributed by atoms with van der Waals surface area (Å²) in [6, 6.07) is 14.8. The van der Waals surface area contributed by atoms with E-state index < -0.39 is 17.8 Å². The van der Waals surface area contributed by atoms with Crippen molar-refractivity contribution < 1.29 is 19.4 Å². The number of benzene rings is 2. The minimum absolute atomic E-state index is 0.269. The molecule has 134 valence electrons. The van der Waals surface area contributed by atoms with Crippen LogP contribution in [0.2, 0.25) is 0 Å². The highest BCUT2D eigenvalue weighted by molar-refractivity contribution is 5.95. The van der Waals surface area contributed by atoms with Gasteiger partial charge in [0.15, 0.2) is 0 Å². The summed E-state index contributed by atoms with van der Waals surface area (Å²) in [4.78, 5) is 23.8. The summed E-state index contributed by atoms with van der Waals surface area (Å²) in [5.41, 5.74) is 1.73. The van der Waals surface area contributed by atoms with Crippen LogP contribution in [0.3, 0.4) is 0 Å². The number of nitrogens with one attached hydrogen (secondary N) is 1. The monoisotopic (exact) mass is 351 g/mol.